The number of ether oxygens (including phenoxy) is 2. The fourth-order valence-electron chi connectivity index (χ4n) is 3.07. The van der Waals surface area contributed by atoms with Crippen molar-refractivity contribution in [3.63, 3.8) is 0 Å². The minimum atomic E-state index is -0.143. The fourth-order valence-corrected chi connectivity index (χ4v) is 4.00. The van der Waals surface area contributed by atoms with Crippen molar-refractivity contribution in [2.24, 2.45) is 5.92 Å². The number of hydrogen-bond acceptors (Lipinski definition) is 4. The molecule has 0 fully saturated rings. The van der Waals surface area contributed by atoms with Gasteiger partial charge in [-0.1, -0.05) is 36.4 Å². The summed E-state index contributed by atoms with van der Waals surface area (Å²) in [7, 11) is 1.63. The number of aryl methyl sites for hydroxylation is 1. The Kier molecular flexibility index (Phi) is 6.45. The maximum atomic E-state index is 12.4. The van der Waals surface area contributed by atoms with Gasteiger partial charge in [-0.15, -0.1) is 0 Å². The molecule has 0 unspecified atom stereocenters. The van der Waals surface area contributed by atoms with Crippen LogP contribution >= 0.6 is 11.8 Å². The minimum absolute atomic E-state index is 0.0648. The Bertz CT molecular complexity index is 763. The van der Waals surface area contributed by atoms with Crippen LogP contribution in [-0.2, 0) is 17.0 Å². The Morgan fingerprint density at radius 1 is 1.27 bits per heavy atom. The van der Waals surface area contributed by atoms with Crippen molar-refractivity contribution in [3.8, 4) is 11.5 Å². The molecule has 26 heavy (non-hydrogen) atoms. The van der Waals surface area contributed by atoms with Crippen molar-refractivity contribution < 1.29 is 14.3 Å². The van der Waals surface area contributed by atoms with Crippen LogP contribution in [0.25, 0.3) is 0 Å². The predicted molar refractivity (Wildman–Crippen MR) is 106 cm³/mol. The number of carbonyl (C=O) groups is 1. The first-order chi connectivity index (χ1) is 12.7. The Balaban J connectivity index is 1.42. The van der Waals surface area contributed by atoms with Crippen LogP contribution in [0.1, 0.15) is 16.7 Å². The summed E-state index contributed by atoms with van der Waals surface area (Å²) in [5.74, 6) is 3.30. The van der Waals surface area contributed by atoms with Crippen LogP contribution in [0.5, 0.6) is 11.5 Å². The van der Waals surface area contributed by atoms with E-state index in [-0.39, 0.29) is 11.8 Å². The van der Waals surface area contributed by atoms with E-state index in [1.54, 1.807) is 7.11 Å². The molecular formula is C21H25NO3S. The van der Waals surface area contributed by atoms with E-state index in [1.165, 1.54) is 11.1 Å². The molecule has 1 N–H and O–H groups in total. The SMILES string of the molecule is COc1cccc2c1OC[C@H](C(=O)NCCSCc1ccccc1C)C2. The van der Waals surface area contributed by atoms with E-state index in [0.29, 0.717) is 19.6 Å². The third kappa shape index (κ3) is 4.52. The van der Waals surface area contributed by atoms with Crippen LogP contribution in [0, 0.1) is 12.8 Å². The average molecular weight is 372 g/mol. The van der Waals surface area contributed by atoms with E-state index < -0.39 is 0 Å². The van der Waals surface area contributed by atoms with Crippen LogP contribution < -0.4 is 14.8 Å². The molecule has 5 heteroatoms. The Labute approximate surface area is 159 Å². The van der Waals surface area contributed by atoms with Gasteiger partial charge in [0.15, 0.2) is 11.5 Å². The van der Waals surface area contributed by atoms with Crippen molar-refractivity contribution in [1.82, 2.24) is 5.32 Å². The first kappa shape index (κ1) is 18.6. The Hall–Kier alpha value is -2.14. The molecule has 0 aliphatic carbocycles. The normalized spacial score (nSPS) is 15.7. The summed E-state index contributed by atoms with van der Waals surface area (Å²) in [4.78, 5) is 12.4. The molecule has 1 aliphatic rings. The van der Waals surface area contributed by atoms with Crippen molar-refractivity contribution in [3.05, 3.63) is 59.2 Å². The summed E-state index contributed by atoms with van der Waals surface area (Å²) in [5, 5.41) is 3.04. The first-order valence-electron chi connectivity index (χ1n) is 8.87. The second-order valence-corrected chi connectivity index (χ2v) is 7.54. The van der Waals surface area contributed by atoms with Gasteiger partial charge < -0.3 is 14.8 Å². The molecule has 0 saturated carbocycles. The number of para-hydroxylation sites is 1. The molecule has 2 aromatic carbocycles. The highest BCUT2D eigenvalue weighted by molar-refractivity contribution is 7.98. The van der Waals surface area contributed by atoms with Gasteiger partial charge in [0.25, 0.3) is 0 Å². The molecular weight excluding hydrogens is 346 g/mol. The minimum Gasteiger partial charge on any atom is -0.493 e. The van der Waals surface area contributed by atoms with Gasteiger partial charge in [0.05, 0.1) is 13.0 Å². The average Bonchev–Trinajstić information content (AvgIpc) is 2.68. The number of thioether (sulfide) groups is 1. The molecule has 0 bridgehead atoms. The number of rotatable bonds is 7. The molecule has 0 saturated heterocycles. The molecule has 3 rings (SSSR count). The number of benzene rings is 2. The topological polar surface area (TPSA) is 47.6 Å². The molecule has 1 aliphatic heterocycles. The van der Waals surface area contributed by atoms with E-state index in [1.807, 2.05) is 30.0 Å². The number of methoxy groups -OCH3 is 1. The molecule has 0 spiro atoms. The molecule has 1 amide bonds. The van der Waals surface area contributed by atoms with E-state index in [0.717, 1.165) is 28.6 Å². The standard InChI is InChI=1S/C21H25NO3S/c1-15-6-3-4-7-17(15)14-26-11-10-22-21(23)18-12-16-8-5-9-19(24-2)20(16)25-13-18/h3-9,18H,10-14H2,1-2H3,(H,22,23)/t18-/m1/s1. The lowest BCUT2D eigenvalue weighted by Gasteiger charge is -2.25. The zero-order chi connectivity index (χ0) is 18.4. The van der Waals surface area contributed by atoms with Gasteiger partial charge in [-0.3, -0.25) is 4.79 Å². The maximum absolute atomic E-state index is 12.4. The van der Waals surface area contributed by atoms with Gasteiger partial charge in [-0.2, -0.15) is 11.8 Å². The van der Waals surface area contributed by atoms with Gasteiger partial charge in [0, 0.05) is 18.1 Å². The Morgan fingerprint density at radius 3 is 2.92 bits per heavy atom. The summed E-state index contributed by atoms with van der Waals surface area (Å²) in [6.45, 7) is 3.21. The van der Waals surface area contributed by atoms with Crippen LogP contribution in [0.3, 0.4) is 0 Å². The van der Waals surface area contributed by atoms with Crippen LogP contribution in [0.15, 0.2) is 42.5 Å². The van der Waals surface area contributed by atoms with Gasteiger partial charge in [0.2, 0.25) is 5.91 Å². The van der Waals surface area contributed by atoms with E-state index in [4.69, 9.17) is 9.47 Å². The third-order valence-corrected chi connectivity index (χ3v) is 5.62. The number of carbonyl (C=O) groups excluding carboxylic acids is 1. The Morgan fingerprint density at radius 2 is 2.12 bits per heavy atom. The molecule has 0 aromatic heterocycles. The van der Waals surface area contributed by atoms with E-state index >= 15 is 0 Å². The molecule has 2 aromatic rings. The highest BCUT2D eigenvalue weighted by atomic mass is 32.2. The van der Waals surface area contributed by atoms with Gasteiger partial charge in [0.1, 0.15) is 6.61 Å². The highest BCUT2D eigenvalue weighted by Gasteiger charge is 2.27. The largest absolute Gasteiger partial charge is 0.493 e. The summed E-state index contributed by atoms with van der Waals surface area (Å²) >= 11 is 1.84. The fraction of sp³-hybridized carbons (Fsp3) is 0.381. The van der Waals surface area contributed by atoms with Gasteiger partial charge in [-0.05, 0) is 36.1 Å². The first-order valence-corrected chi connectivity index (χ1v) is 10.0. The monoisotopic (exact) mass is 371 g/mol. The lowest BCUT2D eigenvalue weighted by Crippen LogP contribution is -2.38. The summed E-state index contributed by atoms with van der Waals surface area (Å²) in [6, 6.07) is 14.2. The number of amides is 1. The maximum Gasteiger partial charge on any atom is 0.226 e. The molecule has 138 valence electrons. The summed E-state index contributed by atoms with van der Waals surface area (Å²) in [5.41, 5.74) is 3.71. The predicted octanol–water partition coefficient (Wildman–Crippen LogP) is 3.60. The van der Waals surface area contributed by atoms with Gasteiger partial charge >= 0.3 is 0 Å². The lowest BCUT2D eigenvalue weighted by molar-refractivity contribution is -0.126. The molecule has 1 heterocycles. The van der Waals surface area contributed by atoms with Crippen LogP contribution in [0.4, 0.5) is 0 Å². The molecule has 0 radical (unpaired) electrons. The van der Waals surface area contributed by atoms with Gasteiger partial charge in [-0.25, -0.2) is 0 Å². The second-order valence-electron chi connectivity index (χ2n) is 6.43. The van der Waals surface area contributed by atoms with Crippen molar-refractivity contribution in [2.75, 3.05) is 26.0 Å². The summed E-state index contributed by atoms with van der Waals surface area (Å²) < 4.78 is 11.1. The van der Waals surface area contributed by atoms with Crippen molar-refractivity contribution >= 4 is 17.7 Å². The zero-order valence-electron chi connectivity index (χ0n) is 15.3. The third-order valence-electron chi connectivity index (χ3n) is 4.61. The summed E-state index contributed by atoms with van der Waals surface area (Å²) in [6.07, 6.45) is 0.689. The van der Waals surface area contributed by atoms with Crippen LogP contribution in [0.2, 0.25) is 0 Å². The zero-order valence-corrected chi connectivity index (χ0v) is 16.1. The highest BCUT2D eigenvalue weighted by Crippen LogP contribution is 2.36. The van der Waals surface area contributed by atoms with E-state index in [2.05, 4.69) is 36.5 Å². The number of fused-ring (bicyclic) bond motifs is 1. The molecule has 4 nitrogen and oxygen atoms in total. The quantitative estimate of drug-likeness (QED) is 0.756. The van der Waals surface area contributed by atoms with Crippen LogP contribution in [-0.4, -0.2) is 31.9 Å². The smallest absolute Gasteiger partial charge is 0.226 e. The lowest BCUT2D eigenvalue weighted by atomic mass is 9.95. The second kappa shape index (κ2) is 8.99. The van der Waals surface area contributed by atoms with Crippen molar-refractivity contribution in [1.29, 1.82) is 0 Å². The number of hydrogen-bond donors (Lipinski definition) is 1. The van der Waals surface area contributed by atoms with E-state index in [9.17, 15) is 4.79 Å². The van der Waals surface area contributed by atoms with Crippen molar-refractivity contribution in [2.45, 2.75) is 19.1 Å². The molecule has 1 atom stereocenters. The number of nitrogens with one attached hydrogen (secondary N) is 1.